The van der Waals surface area contributed by atoms with Crippen LogP contribution in [0.4, 0.5) is 13.2 Å². The van der Waals surface area contributed by atoms with Gasteiger partial charge in [-0.3, -0.25) is 4.90 Å². The van der Waals surface area contributed by atoms with E-state index < -0.39 is 12.2 Å². The molecule has 0 unspecified atom stereocenters. The first-order valence-corrected chi connectivity index (χ1v) is 8.00. The monoisotopic (exact) mass is 303 g/mol. The minimum atomic E-state index is -4.11. The summed E-state index contributed by atoms with van der Waals surface area (Å²) in [5.74, 6) is 0. The van der Waals surface area contributed by atoms with E-state index >= 15 is 0 Å². The van der Waals surface area contributed by atoms with Crippen molar-refractivity contribution in [2.45, 2.75) is 49.8 Å². The molecule has 0 aromatic carbocycles. The van der Waals surface area contributed by atoms with Crippen LogP contribution < -0.4 is 5.32 Å². The largest absolute Gasteiger partial charge is 0.403 e. The summed E-state index contributed by atoms with van der Waals surface area (Å²) < 4.78 is 38.4. The first kappa shape index (κ1) is 17.2. The second-order valence-electron chi connectivity index (χ2n) is 6.99. The molecule has 8 heteroatoms. The fraction of sp³-hybridized carbons (Fsp3) is 1.00. The maximum absolute atomic E-state index is 12.8. The zero-order valence-electron chi connectivity index (χ0n) is 13.3. The number of halogens is 3. The van der Waals surface area contributed by atoms with E-state index in [2.05, 4.69) is 25.9 Å². The van der Waals surface area contributed by atoms with Crippen molar-refractivity contribution in [1.82, 2.24) is 15.1 Å². The standard InChI is InChI=1S/C13H26B2F3N3/c1-10(13(16,17)18)20-7-2-11(3-8-20)21-9-6-19-5-4-12(21,14)15/h10-11,19H,2-9,14-15H2,1H3/t10-/m0/s1. The highest BCUT2D eigenvalue weighted by atomic mass is 19.4. The van der Waals surface area contributed by atoms with Gasteiger partial charge >= 0.3 is 6.18 Å². The molecule has 2 heterocycles. The van der Waals surface area contributed by atoms with Gasteiger partial charge in [-0.2, -0.15) is 13.2 Å². The normalized spacial score (nSPS) is 28.2. The quantitative estimate of drug-likeness (QED) is 0.702. The molecule has 120 valence electrons. The molecule has 0 aromatic rings. The molecular formula is C13H26B2F3N3. The lowest BCUT2D eigenvalue weighted by molar-refractivity contribution is -0.182. The number of nitrogens with one attached hydrogen (secondary N) is 1. The Morgan fingerprint density at radius 2 is 1.76 bits per heavy atom. The number of nitrogens with zero attached hydrogens (tertiary/aromatic N) is 2. The zero-order valence-corrected chi connectivity index (χ0v) is 13.3. The van der Waals surface area contributed by atoms with Crippen LogP contribution >= 0.6 is 0 Å². The molecule has 0 aromatic heterocycles. The molecular weight excluding hydrogens is 277 g/mol. The van der Waals surface area contributed by atoms with Crippen LogP contribution in [0.2, 0.25) is 0 Å². The van der Waals surface area contributed by atoms with Crippen LogP contribution in [0.25, 0.3) is 0 Å². The number of hydrogen-bond acceptors (Lipinski definition) is 3. The number of hydrogen-bond donors (Lipinski definition) is 1. The third-order valence-corrected chi connectivity index (χ3v) is 5.18. The van der Waals surface area contributed by atoms with Crippen LogP contribution in [-0.2, 0) is 0 Å². The summed E-state index contributed by atoms with van der Waals surface area (Å²) in [5, 5.41) is 3.55. The molecule has 0 bridgehead atoms. The lowest BCUT2D eigenvalue weighted by Crippen LogP contribution is -2.59. The summed E-state index contributed by atoms with van der Waals surface area (Å²) >= 11 is 0. The van der Waals surface area contributed by atoms with Crippen molar-refractivity contribution in [2.75, 3.05) is 32.7 Å². The SMILES string of the molecule is BC1(B)CCNCCN1C1CCN([C@@H](C)C(F)(F)F)CC1. The Kier molecular flexibility index (Phi) is 5.31. The van der Waals surface area contributed by atoms with E-state index in [1.54, 1.807) is 4.90 Å². The summed E-state index contributed by atoms with van der Waals surface area (Å²) in [6, 6.07) is -0.908. The second kappa shape index (κ2) is 6.50. The van der Waals surface area contributed by atoms with Gasteiger partial charge in [-0.05, 0) is 38.1 Å². The van der Waals surface area contributed by atoms with Crippen LogP contribution in [0.3, 0.4) is 0 Å². The Morgan fingerprint density at radius 3 is 2.33 bits per heavy atom. The molecule has 2 aliphatic rings. The van der Waals surface area contributed by atoms with Crippen molar-refractivity contribution in [3.63, 3.8) is 0 Å². The van der Waals surface area contributed by atoms with Crippen molar-refractivity contribution in [2.24, 2.45) is 0 Å². The highest BCUT2D eigenvalue weighted by Gasteiger charge is 2.42. The van der Waals surface area contributed by atoms with Gasteiger partial charge in [0.1, 0.15) is 21.7 Å². The van der Waals surface area contributed by atoms with Crippen molar-refractivity contribution in [1.29, 1.82) is 0 Å². The molecule has 0 aliphatic carbocycles. The molecule has 2 fully saturated rings. The lowest BCUT2D eigenvalue weighted by atomic mass is 9.58. The van der Waals surface area contributed by atoms with Crippen molar-refractivity contribution < 1.29 is 13.2 Å². The van der Waals surface area contributed by atoms with Gasteiger partial charge in [0.15, 0.2) is 0 Å². The van der Waals surface area contributed by atoms with E-state index in [1.807, 2.05) is 0 Å². The Balaban J connectivity index is 1.94. The Labute approximate surface area is 127 Å². The number of piperidine rings is 1. The zero-order chi connectivity index (χ0) is 15.7. The van der Waals surface area contributed by atoms with E-state index in [4.69, 9.17) is 0 Å². The number of rotatable bonds is 2. The molecule has 3 nitrogen and oxygen atoms in total. The third-order valence-electron chi connectivity index (χ3n) is 5.18. The van der Waals surface area contributed by atoms with Gasteiger partial charge in [-0.25, -0.2) is 0 Å². The van der Waals surface area contributed by atoms with Crippen LogP contribution in [-0.4, -0.2) is 81.8 Å². The molecule has 2 rings (SSSR count). The first-order chi connectivity index (χ1) is 9.72. The molecule has 0 amide bonds. The van der Waals surface area contributed by atoms with Crippen LogP contribution in [0, 0.1) is 0 Å². The molecule has 1 N–H and O–H groups in total. The first-order valence-electron chi connectivity index (χ1n) is 8.00. The van der Waals surface area contributed by atoms with E-state index in [0.717, 1.165) is 38.9 Å². The van der Waals surface area contributed by atoms with Crippen LogP contribution in [0.1, 0.15) is 26.2 Å². The number of alkyl halides is 3. The minimum absolute atomic E-state index is 0.131. The Bertz CT molecular complexity index is 344. The third kappa shape index (κ3) is 4.17. The fourth-order valence-corrected chi connectivity index (χ4v) is 3.63. The van der Waals surface area contributed by atoms with Gasteiger partial charge in [0.05, 0.1) is 0 Å². The average molecular weight is 303 g/mol. The van der Waals surface area contributed by atoms with Crippen molar-refractivity contribution in [3.8, 4) is 0 Å². The van der Waals surface area contributed by atoms with Crippen LogP contribution in [0.5, 0.6) is 0 Å². The van der Waals surface area contributed by atoms with Gasteiger partial charge in [0.2, 0.25) is 0 Å². The van der Waals surface area contributed by atoms with Gasteiger partial charge in [0.25, 0.3) is 0 Å². The van der Waals surface area contributed by atoms with Gasteiger partial charge in [-0.15, -0.1) is 0 Å². The minimum Gasteiger partial charge on any atom is -0.315 e. The molecule has 2 aliphatic heterocycles. The van der Waals surface area contributed by atoms with Crippen molar-refractivity contribution >= 4 is 15.7 Å². The second-order valence-corrected chi connectivity index (χ2v) is 6.99. The predicted molar refractivity (Wildman–Crippen MR) is 84.1 cm³/mol. The topological polar surface area (TPSA) is 18.5 Å². The van der Waals surface area contributed by atoms with Gasteiger partial charge in [-0.1, -0.05) is 0 Å². The maximum Gasteiger partial charge on any atom is 0.403 e. The molecule has 1 atom stereocenters. The van der Waals surface area contributed by atoms with Gasteiger partial charge < -0.3 is 10.2 Å². The van der Waals surface area contributed by atoms with Gasteiger partial charge in [0, 0.05) is 32.2 Å². The van der Waals surface area contributed by atoms with E-state index in [-0.39, 0.29) is 5.34 Å². The molecule has 0 spiro atoms. The molecule has 2 saturated heterocycles. The number of likely N-dealkylation sites (tertiary alicyclic amines) is 1. The van der Waals surface area contributed by atoms with E-state index in [9.17, 15) is 13.2 Å². The summed E-state index contributed by atoms with van der Waals surface area (Å²) in [7, 11) is 4.51. The molecule has 0 radical (unpaired) electrons. The summed E-state index contributed by atoms with van der Waals surface area (Å²) in [4.78, 5) is 4.10. The van der Waals surface area contributed by atoms with Crippen LogP contribution in [0.15, 0.2) is 0 Å². The van der Waals surface area contributed by atoms with E-state index in [1.165, 1.54) is 6.92 Å². The maximum atomic E-state index is 12.8. The Morgan fingerprint density at radius 1 is 1.14 bits per heavy atom. The highest BCUT2D eigenvalue weighted by molar-refractivity contribution is 6.40. The average Bonchev–Trinajstić information content (AvgIpc) is 2.58. The summed E-state index contributed by atoms with van der Waals surface area (Å²) in [5.41, 5.74) is 0. The summed E-state index contributed by atoms with van der Waals surface area (Å²) in [6.07, 6.45) is -1.35. The van der Waals surface area contributed by atoms with Crippen molar-refractivity contribution in [3.05, 3.63) is 0 Å². The predicted octanol–water partition coefficient (Wildman–Crippen LogP) is -0.383. The summed E-state index contributed by atoms with van der Waals surface area (Å²) in [6.45, 7) is 5.36. The highest BCUT2D eigenvalue weighted by Crippen LogP contribution is 2.29. The smallest absolute Gasteiger partial charge is 0.315 e. The lowest BCUT2D eigenvalue weighted by Gasteiger charge is -2.47. The van der Waals surface area contributed by atoms with E-state index in [0.29, 0.717) is 19.1 Å². The molecule has 0 saturated carbocycles. The Hall–Kier alpha value is -0.200. The molecule has 21 heavy (non-hydrogen) atoms. The fourth-order valence-electron chi connectivity index (χ4n) is 3.63.